The SMILES string of the molecule is OCCSCc1ccc(-c2ccc(Br)cc2)o1. The Kier molecular flexibility index (Phi) is 4.71. The van der Waals surface area contributed by atoms with Crippen LogP contribution in [0, 0.1) is 0 Å². The first kappa shape index (κ1) is 12.7. The van der Waals surface area contributed by atoms with Crippen LogP contribution < -0.4 is 0 Å². The summed E-state index contributed by atoms with van der Waals surface area (Å²) in [5, 5.41) is 8.70. The minimum atomic E-state index is 0.213. The molecule has 0 saturated heterocycles. The molecule has 2 aromatic rings. The number of halogens is 1. The lowest BCUT2D eigenvalue weighted by Crippen LogP contribution is -1.86. The van der Waals surface area contributed by atoms with Gasteiger partial charge in [0.25, 0.3) is 0 Å². The fourth-order valence-electron chi connectivity index (χ4n) is 1.46. The highest BCUT2D eigenvalue weighted by molar-refractivity contribution is 9.10. The third-order valence-corrected chi connectivity index (χ3v) is 3.76. The molecule has 0 aliphatic heterocycles. The second-order valence-corrected chi connectivity index (χ2v) is 5.57. The number of aliphatic hydroxyl groups excluding tert-OH is 1. The number of aliphatic hydroxyl groups is 1. The van der Waals surface area contributed by atoms with Gasteiger partial charge in [0.1, 0.15) is 11.5 Å². The zero-order valence-corrected chi connectivity index (χ0v) is 11.6. The summed E-state index contributed by atoms with van der Waals surface area (Å²) in [6, 6.07) is 12.0. The minimum Gasteiger partial charge on any atom is -0.460 e. The summed E-state index contributed by atoms with van der Waals surface area (Å²) in [5.74, 6) is 3.38. The van der Waals surface area contributed by atoms with Crippen molar-refractivity contribution in [2.24, 2.45) is 0 Å². The highest BCUT2D eigenvalue weighted by Crippen LogP contribution is 2.25. The van der Waals surface area contributed by atoms with Crippen LogP contribution in [0.1, 0.15) is 5.76 Å². The molecule has 0 unspecified atom stereocenters. The molecule has 90 valence electrons. The summed E-state index contributed by atoms with van der Waals surface area (Å²) in [7, 11) is 0. The first-order valence-corrected chi connectivity index (χ1v) is 7.27. The molecule has 0 amide bonds. The van der Waals surface area contributed by atoms with E-state index in [2.05, 4.69) is 15.9 Å². The summed E-state index contributed by atoms with van der Waals surface area (Å²) in [6.45, 7) is 0.213. The van der Waals surface area contributed by atoms with Gasteiger partial charge in [-0.25, -0.2) is 0 Å². The van der Waals surface area contributed by atoms with Gasteiger partial charge >= 0.3 is 0 Å². The van der Waals surface area contributed by atoms with Crippen LogP contribution in [-0.2, 0) is 5.75 Å². The molecule has 0 aliphatic rings. The number of hydrogen-bond acceptors (Lipinski definition) is 3. The molecule has 0 radical (unpaired) electrons. The Morgan fingerprint density at radius 3 is 2.59 bits per heavy atom. The molecule has 0 bridgehead atoms. The maximum Gasteiger partial charge on any atom is 0.134 e. The topological polar surface area (TPSA) is 33.4 Å². The molecule has 0 fully saturated rings. The van der Waals surface area contributed by atoms with Crippen molar-refractivity contribution in [1.29, 1.82) is 0 Å². The molecule has 17 heavy (non-hydrogen) atoms. The summed E-state index contributed by atoms with van der Waals surface area (Å²) in [5.41, 5.74) is 1.08. The fraction of sp³-hybridized carbons (Fsp3) is 0.231. The number of hydrogen-bond donors (Lipinski definition) is 1. The Labute approximate surface area is 113 Å². The lowest BCUT2D eigenvalue weighted by Gasteiger charge is -1.98. The summed E-state index contributed by atoms with van der Waals surface area (Å²) < 4.78 is 6.80. The van der Waals surface area contributed by atoms with Crippen LogP contribution in [0.5, 0.6) is 0 Å². The molecule has 2 nitrogen and oxygen atoms in total. The summed E-state index contributed by atoms with van der Waals surface area (Å²) in [6.07, 6.45) is 0. The van der Waals surface area contributed by atoms with Crippen molar-refractivity contribution >= 4 is 27.7 Å². The van der Waals surface area contributed by atoms with Gasteiger partial charge in [-0.2, -0.15) is 11.8 Å². The van der Waals surface area contributed by atoms with Crippen LogP contribution in [0.15, 0.2) is 45.3 Å². The number of rotatable bonds is 5. The van der Waals surface area contributed by atoms with E-state index >= 15 is 0 Å². The predicted molar refractivity (Wildman–Crippen MR) is 75.1 cm³/mol. The van der Waals surface area contributed by atoms with E-state index in [9.17, 15) is 0 Å². The summed E-state index contributed by atoms with van der Waals surface area (Å²) >= 11 is 5.07. The zero-order valence-electron chi connectivity index (χ0n) is 9.23. The van der Waals surface area contributed by atoms with E-state index in [0.717, 1.165) is 33.1 Å². The third-order valence-electron chi connectivity index (χ3n) is 2.27. The van der Waals surface area contributed by atoms with E-state index in [-0.39, 0.29) is 6.61 Å². The second kappa shape index (κ2) is 6.28. The molecule has 4 heteroatoms. The van der Waals surface area contributed by atoms with Crippen molar-refractivity contribution in [1.82, 2.24) is 0 Å². The normalized spacial score (nSPS) is 10.7. The quantitative estimate of drug-likeness (QED) is 0.849. The molecule has 1 aromatic heterocycles. The Bertz CT molecular complexity index is 465. The standard InChI is InChI=1S/C13H13BrO2S/c14-11-3-1-10(2-4-11)13-6-5-12(16-13)9-17-8-7-15/h1-6,15H,7-9H2. The second-order valence-electron chi connectivity index (χ2n) is 3.55. The number of benzene rings is 1. The van der Waals surface area contributed by atoms with Crippen LogP contribution in [0.3, 0.4) is 0 Å². The Balaban J connectivity index is 2.04. The molecule has 0 saturated carbocycles. The van der Waals surface area contributed by atoms with E-state index in [0.29, 0.717) is 0 Å². The van der Waals surface area contributed by atoms with E-state index in [4.69, 9.17) is 9.52 Å². The number of thioether (sulfide) groups is 1. The molecule has 0 aliphatic carbocycles. The summed E-state index contributed by atoms with van der Waals surface area (Å²) in [4.78, 5) is 0. The van der Waals surface area contributed by atoms with Gasteiger partial charge in [-0.15, -0.1) is 0 Å². The van der Waals surface area contributed by atoms with Gasteiger partial charge < -0.3 is 9.52 Å². The van der Waals surface area contributed by atoms with Gasteiger partial charge in [0, 0.05) is 15.8 Å². The molecule has 1 N–H and O–H groups in total. The van der Waals surface area contributed by atoms with Crippen LogP contribution in [0.2, 0.25) is 0 Å². The molecule has 1 heterocycles. The maximum absolute atomic E-state index is 8.70. The average molecular weight is 313 g/mol. The van der Waals surface area contributed by atoms with Crippen molar-refractivity contribution in [3.05, 3.63) is 46.6 Å². The Morgan fingerprint density at radius 2 is 1.88 bits per heavy atom. The van der Waals surface area contributed by atoms with Crippen molar-refractivity contribution in [3.8, 4) is 11.3 Å². The van der Waals surface area contributed by atoms with Gasteiger partial charge in [-0.05, 0) is 24.3 Å². The Hall–Kier alpha value is -0.710. The average Bonchev–Trinajstić information content (AvgIpc) is 2.79. The zero-order chi connectivity index (χ0) is 12.1. The monoisotopic (exact) mass is 312 g/mol. The van der Waals surface area contributed by atoms with Crippen LogP contribution in [0.4, 0.5) is 0 Å². The van der Waals surface area contributed by atoms with Crippen LogP contribution >= 0.6 is 27.7 Å². The van der Waals surface area contributed by atoms with Gasteiger partial charge in [0.2, 0.25) is 0 Å². The van der Waals surface area contributed by atoms with E-state index in [1.165, 1.54) is 0 Å². The van der Waals surface area contributed by atoms with Crippen molar-refractivity contribution in [2.45, 2.75) is 5.75 Å². The third kappa shape index (κ3) is 3.63. The number of furan rings is 1. The lowest BCUT2D eigenvalue weighted by molar-refractivity contribution is 0.322. The molecular formula is C13H13BrO2S. The molecule has 0 atom stereocenters. The van der Waals surface area contributed by atoms with Crippen molar-refractivity contribution < 1.29 is 9.52 Å². The fourth-order valence-corrected chi connectivity index (χ4v) is 2.36. The van der Waals surface area contributed by atoms with Gasteiger partial charge in [-0.1, -0.05) is 28.1 Å². The van der Waals surface area contributed by atoms with Gasteiger partial charge in [0.15, 0.2) is 0 Å². The lowest BCUT2D eigenvalue weighted by atomic mass is 10.2. The first-order chi connectivity index (χ1) is 8.29. The predicted octanol–water partition coefficient (Wildman–Crippen LogP) is 3.93. The van der Waals surface area contributed by atoms with Gasteiger partial charge in [0.05, 0.1) is 12.4 Å². The van der Waals surface area contributed by atoms with Gasteiger partial charge in [-0.3, -0.25) is 0 Å². The smallest absolute Gasteiger partial charge is 0.134 e. The van der Waals surface area contributed by atoms with E-state index < -0.39 is 0 Å². The highest BCUT2D eigenvalue weighted by Gasteiger charge is 2.04. The Morgan fingerprint density at radius 1 is 1.12 bits per heavy atom. The molecule has 2 rings (SSSR count). The largest absolute Gasteiger partial charge is 0.460 e. The van der Waals surface area contributed by atoms with Crippen LogP contribution in [-0.4, -0.2) is 17.5 Å². The minimum absolute atomic E-state index is 0.213. The highest BCUT2D eigenvalue weighted by atomic mass is 79.9. The first-order valence-electron chi connectivity index (χ1n) is 5.33. The maximum atomic E-state index is 8.70. The van der Waals surface area contributed by atoms with Crippen LogP contribution in [0.25, 0.3) is 11.3 Å². The molecule has 0 spiro atoms. The van der Waals surface area contributed by atoms with Crippen molar-refractivity contribution in [3.63, 3.8) is 0 Å². The molecular weight excluding hydrogens is 300 g/mol. The van der Waals surface area contributed by atoms with Crippen molar-refractivity contribution in [2.75, 3.05) is 12.4 Å². The van der Waals surface area contributed by atoms with E-state index in [1.807, 2.05) is 36.4 Å². The van der Waals surface area contributed by atoms with E-state index in [1.54, 1.807) is 11.8 Å². The molecule has 1 aromatic carbocycles.